The highest BCUT2D eigenvalue weighted by atomic mass is 28.2. The normalized spacial score (nSPS) is 24.0. The van der Waals surface area contributed by atoms with Gasteiger partial charge in [-0.1, -0.05) is 75.3 Å². The van der Waals surface area contributed by atoms with Crippen LogP contribution in [0.25, 0.3) is 0 Å². The molecule has 0 amide bonds. The molecule has 0 saturated heterocycles. The van der Waals surface area contributed by atoms with E-state index in [-0.39, 0.29) is 11.0 Å². The Morgan fingerprint density at radius 3 is 1.20 bits per heavy atom. The highest BCUT2D eigenvalue weighted by molar-refractivity contribution is 6.39. The molecule has 3 heteroatoms. The van der Waals surface area contributed by atoms with Gasteiger partial charge < -0.3 is 11.0 Å². The highest BCUT2D eigenvalue weighted by Crippen LogP contribution is 2.36. The Balaban J connectivity index is 0.000000980. The van der Waals surface area contributed by atoms with E-state index in [1.54, 1.807) is 51.4 Å². The fraction of sp³-hybridized carbons (Fsp3) is 1.00. The van der Waals surface area contributed by atoms with Crippen LogP contribution in [-0.4, -0.2) is 20.5 Å². The van der Waals surface area contributed by atoms with Crippen molar-refractivity contribution in [3.05, 3.63) is 0 Å². The van der Waals surface area contributed by atoms with Crippen molar-refractivity contribution in [2.75, 3.05) is 0 Å². The zero-order valence-electron chi connectivity index (χ0n) is 9.93. The third-order valence-corrected chi connectivity index (χ3v) is 7.08. The van der Waals surface area contributed by atoms with E-state index >= 15 is 0 Å². The minimum atomic E-state index is 0. The summed E-state index contributed by atoms with van der Waals surface area (Å²) in [5.41, 5.74) is 2.52. The van der Waals surface area contributed by atoms with Crippen LogP contribution in [0, 0.1) is 0 Å². The quantitative estimate of drug-likeness (QED) is 0.654. The summed E-state index contributed by atoms with van der Waals surface area (Å²) >= 11 is 0. The van der Waals surface area contributed by atoms with E-state index in [1.165, 1.54) is 23.9 Å². The second kappa shape index (κ2) is 8.31. The predicted octanol–water partition coefficient (Wildman–Crippen LogP) is 2.01. The summed E-state index contributed by atoms with van der Waals surface area (Å²) in [5, 5.41) is 0. The van der Waals surface area contributed by atoms with Gasteiger partial charge in [0.05, 0.1) is 0 Å². The molecular weight excluding hydrogens is 204 g/mol. The molecule has 0 aliphatic heterocycles. The van der Waals surface area contributed by atoms with Crippen molar-refractivity contribution in [3.63, 3.8) is 0 Å². The predicted molar refractivity (Wildman–Crippen MR) is 69.4 cm³/mol. The minimum Gasteiger partial charge on any atom is -0.412 e. The molecule has 2 aliphatic rings. The van der Waals surface area contributed by atoms with Crippen LogP contribution in [-0.2, 0) is 0 Å². The van der Waals surface area contributed by atoms with Crippen molar-refractivity contribution in [3.8, 4) is 0 Å². The first-order valence-corrected chi connectivity index (χ1v) is 8.08. The molecule has 4 N–H and O–H groups in total. The first kappa shape index (κ1) is 15.1. The molecule has 0 heterocycles. The third kappa shape index (κ3) is 5.14. The summed E-state index contributed by atoms with van der Waals surface area (Å²) in [4.78, 5) is 0. The summed E-state index contributed by atoms with van der Waals surface area (Å²) in [5.74, 6) is 0. The Labute approximate surface area is 96.3 Å². The van der Waals surface area contributed by atoms with Crippen LogP contribution in [0.5, 0.6) is 0 Å². The van der Waals surface area contributed by atoms with Gasteiger partial charge in [0.1, 0.15) is 0 Å². The number of hydrogen-bond acceptors (Lipinski definition) is 0. The molecule has 0 bridgehead atoms. The number of hydrogen-bond donors (Lipinski definition) is 0. The molecule has 2 saturated carbocycles. The van der Waals surface area contributed by atoms with Crippen molar-refractivity contribution in [2.24, 2.45) is 0 Å². The van der Waals surface area contributed by atoms with Crippen LogP contribution in [0.2, 0.25) is 11.1 Å². The van der Waals surface area contributed by atoms with Gasteiger partial charge >= 0.3 is 0 Å². The largest absolute Gasteiger partial charge is 0.412 e. The van der Waals surface area contributed by atoms with Gasteiger partial charge in [-0.25, -0.2) is 0 Å². The summed E-state index contributed by atoms with van der Waals surface area (Å²) in [6.45, 7) is 0. The molecule has 2 rings (SSSR count). The average Bonchev–Trinajstić information content (AvgIpc) is 2.21. The minimum absolute atomic E-state index is 0. The Bertz CT molecular complexity index is 125. The molecule has 92 valence electrons. The van der Waals surface area contributed by atoms with Crippen LogP contribution in [0.3, 0.4) is 0 Å². The van der Waals surface area contributed by atoms with Gasteiger partial charge in [-0.15, -0.1) is 0 Å². The standard InChI is InChI=1S/C12H24Si.2H2O/c1-3-7-11(8-4-1)13-12-9-5-2-6-10-12;;/h11-12H,1-10,13H2;2*1H2. The number of rotatable bonds is 2. The average molecular weight is 232 g/mol. The van der Waals surface area contributed by atoms with Crippen molar-refractivity contribution in [1.29, 1.82) is 0 Å². The lowest BCUT2D eigenvalue weighted by atomic mass is 9.99. The lowest BCUT2D eigenvalue weighted by Gasteiger charge is -2.28. The zero-order valence-corrected chi connectivity index (χ0v) is 11.3. The Morgan fingerprint density at radius 2 is 0.867 bits per heavy atom. The second-order valence-corrected chi connectivity index (χ2v) is 8.02. The maximum atomic E-state index is 1.61. The van der Waals surface area contributed by atoms with Crippen LogP contribution in [0.1, 0.15) is 64.2 Å². The van der Waals surface area contributed by atoms with Gasteiger partial charge in [0, 0.05) is 9.52 Å². The van der Waals surface area contributed by atoms with E-state index in [0.29, 0.717) is 9.52 Å². The summed E-state index contributed by atoms with van der Waals surface area (Å²) in [6, 6.07) is 0. The molecule has 0 spiro atoms. The topological polar surface area (TPSA) is 63.0 Å². The summed E-state index contributed by atoms with van der Waals surface area (Å²) < 4.78 is 0. The van der Waals surface area contributed by atoms with Crippen molar-refractivity contribution < 1.29 is 11.0 Å². The van der Waals surface area contributed by atoms with E-state index in [9.17, 15) is 0 Å². The fourth-order valence-electron chi connectivity index (χ4n) is 3.32. The van der Waals surface area contributed by atoms with Crippen molar-refractivity contribution in [2.45, 2.75) is 75.3 Å². The van der Waals surface area contributed by atoms with Gasteiger partial charge in [0.2, 0.25) is 0 Å². The highest BCUT2D eigenvalue weighted by Gasteiger charge is 2.20. The lowest BCUT2D eigenvalue weighted by Crippen LogP contribution is -2.16. The van der Waals surface area contributed by atoms with Crippen LogP contribution < -0.4 is 0 Å². The molecule has 0 radical (unpaired) electrons. The maximum absolute atomic E-state index is 1.61. The molecule has 0 atom stereocenters. The lowest BCUT2D eigenvalue weighted by molar-refractivity contribution is 0.470. The summed E-state index contributed by atoms with van der Waals surface area (Å²) in [7, 11) is 0.320. The van der Waals surface area contributed by atoms with Gasteiger partial charge in [-0.2, -0.15) is 0 Å². The molecule has 2 nitrogen and oxygen atoms in total. The molecular formula is C12H28O2Si. The van der Waals surface area contributed by atoms with Crippen LogP contribution in [0.4, 0.5) is 0 Å². The van der Waals surface area contributed by atoms with E-state index in [4.69, 9.17) is 0 Å². The van der Waals surface area contributed by atoms with Gasteiger partial charge in [-0.3, -0.25) is 0 Å². The van der Waals surface area contributed by atoms with Gasteiger partial charge in [0.25, 0.3) is 0 Å². The zero-order chi connectivity index (χ0) is 8.93. The van der Waals surface area contributed by atoms with Crippen LogP contribution in [0.15, 0.2) is 0 Å². The van der Waals surface area contributed by atoms with Crippen molar-refractivity contribution >= 4 is 9.52 Å². The van der Waals surface area contributed by atoms with Crippen molar-refractivity contribution in [1.82, 2.24) is 0 Å². The Hall–Kier alpha value is 0.137. The molecule has 0 aromatic heterocycles. The first-order valence-electron chi connectivity index (χ1n) is 6.45. The molecule has 15 heavy (non-hydrogen) atoms. The molecule has 0 aromatic rings. The molecule has 2 aliphatic carbocycles. The van der Waals surface area contributed by atoms with E-state index in [1.807, 2.05) is 0 Å². The van der Waals surface area contributed by atoms with E-state index in [2.05, 4.69) is 0 Å². The molecule has 0 aromatic carbocycles. The van der Waals surface area contributed by atoms with Gasteiger partial charge in [0.15, 0.2) is 0 Å². The SMILES string of the molecule is C1CCC([SiH2]C2CCCCC2)CC1.O.O. The Morgan fingerprint density at radius 1 is 0.533 bits per heavy atom. The summed E-state index contributed by atoms with van der Waals surface area (Å²) in [6.07, 6.45) is 15.8. The first-order chi connectivity index (χ1) is 6.45. The van der Waals surface area contributed by atoms with E-state index < -0.39 is 0 Å². The second-order valence-electron chi connectivity index (χ2n) is 5.24. The molecule has 2 fully saturated rings. The third-order valence-electron chi connectivity index (χ3n) is 4.12. The maximum Gasteiger partial charge on any atom is 0.0264 e. The van der Waals surface area contributed by atoms with Gasteiger partial charge in [-0.05, 0) is 0 Å². The Kier molecular flexibility index (Phi) is 8.38. The van der Waals surface area contributed by atoms with Crippen LogP contribution >= 0.6 is 0 Å². The molecule has 0 unspecified atom stereocenters. The smallest absolute Gasteiger partial charge is 0.0264 e. The fourth-order valence-corrected chi connectivity index (χ4v) is 6.36. The monoisotopic (exact) mass is 232 g/mol. The van der Waals surface area contributed by atoms with E-state index in [0.717, 1.165) is 0 Å².